The van der Waals surface area contributed by atoms with Gasteiger partial charge in [-0.05, 0) is 68.7 Å². The Bertz CT molecular complexity index is 640. The first-order valence-corrected chi connectivity index (χ1v) is 10.6. The number of nitrogens with zero attached hydrogens (tertiary/aromatic N) is 1. The third kappa shape index (κ3) is 6.59. The zero-order chi connectivity index (χ0) is 18.8. The fourth-order valence-corrected chi connectivity index (χ4v) is 3.74. The van der Waals surface area contributed by atoms with E-state index in [-0.39, 0.29) is 0 Å². The molecule has 0 spiro atoms. The summed E-state index contributed by atoms with van der Waals surface area (Å²) in [6, 6.07) is 12.2. The summed E-state index contributed by atoms with van der Waals surface area (Å²) in [5.41, 5.74) is 0.991. The maximum absolute atomic E-state index is 5.72. The highest BCUT2D eigenvalue weighted by molar-refractivity contribution is 7.80. The van der Waals surface area contributed by atoms with Gasteiger partial charge in [0, 0.05) is 10.6 Å². The van der Waals surface area contributed by atoms with Crippen LogP contribution in [0, 0.1) is 0 Å². The molecule has 0 radical (unpaired) electrons. The second kappa shape index (κ2) is 11.2. The van der Waals surface area contributed by atoms with Gasteiger partial charge >= 0.3 is 0 Å². The SMILES string of the molecule is CCOc1ccc(NC(=S)N(CC[NH+](CC)CC)Cc2cccs2)cc1. The number of nitrogens with one attached hydrogen (secondary N) is 2. The van der Waals surface area contributed by atoms with Crippen molar-refractivity contribution in [3.63, 3.8) is 0 Å². The number of ether oxygens (including phenoxy) is 1. The summed E-state index contributed by atoms with van der Waals surface area (Å²) in [6.07, 6.45) is 0. The normalized spacial score (nSPS) is 10.8. The molecule has 2 rings (SSSR count). The van der Waals surface area contributed by atoms with Crippen LogP contribution in [0.25, 0.3) is 0 Å². The highest BCUT2D eigenvalue weighted by Gasteiger charge is 2.14. The molecule has 2 aromatic rings. The smallest absolute Gasteiger partial charge is 0.173 e. The van der Waals surface area contributed by atoms with Crippen LogP contribution in [0.15, 0.2) is 41.8 Å². The predicted octanol–water partition coefficient (Wildman–Crippen LogP) is 3.27. The number of hydrogen-bond donors (Lipinski definition) is 2. The van der Waals surface area contributed by atoms with E-state index in [1.165, 1.54) is 4.88 Å². The Morgan fingerprint density at radius 1 is 1.15 bits per heavy atom. The molecule has 0 atom stereocenters. The minimum absolute atomic E-state index is 0.674. The van der Waals surface area contributed by atoms with Gasteiger partial charge in [0.2, 0.25) is 0 Å². The molecule has 1 heterocycles. The molecule has 0 aliphatic carbocycles. The molecule has 6 heteroatoms. The molecule has 0 unspecified atom stereocenters. The van der Waals surface area contributed by atoms with Crippen molar-refractivity contribution in [2.24, 2.45) is 0 Å². The highest BCUT2D eigenvalue weighted by atomic mass is 32.1. The molecule has 1 aromatic heterocycles. The first-order valence-electron chi connectivity index (χ1n) is 9.31. The van der Waals surface area contributed by atoms with Gasteiger partial charge in [0.25, 0.3) is 0 Å². The molecular weight excluding hydrogens is 362 g/mol. The number of hydrogen-bond acceptors (Lipinski definition) is 3. The van der Waals surface area contributed by atoms with Crippen molar-refractivity contribution in [3.05, 3.63) is 46.7 Å². The third-order valence-electron chi connectivity index (χ3n) is 4.37. The minimum atomic E-state index is 0.674. The minimum Gasteiger partial charge on any atom is -0.494 e. The van der Waals surface area contributed by atoms with Crippen molar-refractivity contribution in [2.75, 3.05) is 38.1 Å². The van der Waals surface area contributed by atoms with Crippen LogP contribution in [-0.2, 0) is 6.54 Å². The fourth-order valence-electron chi connectivity index (χ4n) is 2.74. The van der Waals surface area contributed by atoms with Crippen LogP contribution in [0.3, 0.4) is 0 Å². The van der Waals surface area contributed by atoms with Crippen molar-refractivity contribution in [3.8, 4) is 5.75 Å². The molecule has 0 saturated carbocycles. The number of quaternary nitrogens is 1. The van der Waals surface area contributed by atoms with E-state index in [9.17, 15) is 0 Å². The molecule has 142 valence electrons. The van der Waals surface area contributed by atoms with E-state index in [4.69, 9.17) is 17.0 Å². The summed E-state index contributed by atoms with van der Waals surface area (Å²) in [6.45, 7) is 12.3. The summed E-state index contributed by atoms with van der Waals surface area (Å²) in [5, 5.41) is 6.27. The van der Waals surface area contributed by atoms with E-state index in [2.05, 4.69) is 41.6 Å². The Labute approximate surface area is 166 Å². The molecule has 0 amide bonds. The van der Waals surface area contributed by atoms with Crippen LogP contribution in [-0.4, -0.2) is 42.8 Å². The number of thiocarbonyl (C=S) groups is 1. The molecular formula is C20H30N3OS2+. The number of benzene rings is 1. The zero-order valence-corrected chi connectivity index (χ0v) is 17.6. The number of anilines is 1. The Kier molecular flexibility index (Phi) is 8.88. The first kappa shape index (κ1) is 20.7. The van der Waals surface area contributed by atoms with Crippen molar-refractivity contribution in [1.82, 2.24) is 4.90 Å². The standard InChI is InChI=1S/C20H29N3OS2/c1-4-22(5-2)13-14-23(16-19-8-7-15-26-19)20(25)21-17-9-11-18(12-10-17)24-6-3/h7-12,15H,4-6,13-14,16H2,1-3H3,(H,21,25)/p+1. The van der Waals surface area contributed by atoms with Gasteiger partial charge < -0.3 is 19.9 Å². The molecule has 0 bridgehead atoms. The monoisotopic (exact) mass is 392 g/mol. The second-order valence-corrected chi connectivity index (χ2v) is 7.51. The van der Waals surface area contributed by atoms with Crippen molar-refractivity contribution in [2.45, 2.75) is 27.3 Å². The average Bonchev–Trinajstić information content (AvgIpc) is 3.16. The summed E-state index contributed by atoms with van der Waals surface area (Å²) in [5.74, 6) is 0.879. The van der Waals surface area contributed by atoms with Crippen LogP contribution in [0.1, 0.15) is 25.6 Å². The van der Waals surface area contributed by atoms with Gasteiger partial charge in [0.05, 0.1) is 39.3 Å². The van der Waals surface area contributed by atoms with Gasteiger partial charge in [-0.2, -0.15) is 0 Å². The largest absolute Gasteiger partial charge is 0.494 e. The maximum atomic E-state index is 5.72. The zero-order valence-electron chi connectivity index (χ0n) is 16.0. The molecule has 4 nitrogen and oxygen atoms in total. The summed E-state index contributed by atoms with van der Waals surface area (Å²) >= 11 is 7.49. The lowest BCUT2D eigenvalue weighted by molar-refractivity contribution is -0.895. The molecule has 26 heavy (non-hydrogen) atoms. The number of rotatable bonds is 10. The summed E-state index contributed by atoms with van der Waals surface area (Å²) in [7, 11) is 0. The van der Waals surface area contributed by atoms with Crippen LogP contribution in [0.4, 0.5) is 5.69 Å². The maximum Gasteiger partial charge on any atom is 0.173 e. The van der Waals surface area contributed by atoms with E-state index in [1.807, 2.05) is 31.2 Å². The molecule has 2 N–H and O–H groups in total. The summed E-state index contributed by atoms with van der Waals surface area (Å²) < 4.78 is 5.50. The van der Waals surface area contributed by atoms with Crippen LogP contribution in [0.5, 0.6) is 5.75 Å². The fraction of sp³-hybridized carbons (Fsp3) is 0.450. The Balaban J connectivity index is 2.01. The quantitative estimate of drug-likeness (QED) is 0.607. The molecule has 0 aliphatic rings. The predicted molar refractivity (Wildman–Crippen MR) is 115 cm³/mol. The second-order valence-electron chi connectivity index (χ2n) is 6.10. The Hall–Kier alpha value is -1.63. The van der Waals surface area contributed by atoms with Crippen LogP contribution < -0.4 is 15.0 Å². The van der Waals surface area contributed by atoms with Crippen molar-refractivity contribution < 1.29 is 9.64 Å². The van der Waals surface area contributed by atoms with Crippen molar-refractivity contribution in [1.29, 1.82) is 0 Å². The van der Waals surface area contributed by atoms with E-state index in [1.54, 1.807) is 16.2 Å². The Morgan fingerprint density at radius 2 is 1.88 bits per heavy atom. The van der Waals surface area contributed by atoms with E-state index in [0.29, 0.717) is 6.61 Å². The number of thiophene rings is 1. The number of likely N-dealkylation sites (N-methyl/N-ethyl adjacent to an activating group) is 1. The van der Waals surface area contributed by atoms with Gasteiger partial charge in [-0.3, -0.25) is 0 Å². The molecule has 1 aromatic carbocycles. The van der Waals surface area contributed by atoms with Gasteiger partial charge in [-0.15, -0.1) is 11.3 Å². The lowest BCUT2D eigenvalue weighted by atomic mass is 10.3. The van der Waals surface area contributed by atoms with Crippen LogP contribution >= 0.6 is 23.6 Å². The van der Waals surface area contributed by atoms with Gasteiger partial charge in [0.15, 0.2) is 5.11 Å². The molecule has 0 fully saturated rings. The molecule has 0 saturated heterocycles. The van der Waals surface area contributed by atoms with E-state index in [0.717, 1.165) is 49.3 Å². The van der Waals surface area contributed by atoms with Crippen LogP contribution in [0.2, 0.25) is 0 Å². The first-order chi connectivity index (χ1) is 12.7. The summed E-state index contributed by atoms with van der Waals surface area (Å²) in [4.78, 5) is 5.18. The lowest BCUT2D eigenvalue weighted by Gasteiger charge is -2.27. The average molecular weight is 393 g/mol. The van der Waals surface area contributed by atoms with E-state index >= 15 is 0 Å². The highest BCUT2D eigenvalue weighted by Crippen LogP contribution is 2.17. The topological polar surface area (TPSA) is 28.9 Å². The lowest BCUT2D eigenvalue weighted by Crippen LogP contribution is -3.12. The Morgan fingerprint density at radius 3 is 2.46 bits per heavy atom. The van der Waals surface area contributed by atoms with Crippen molar-refractivity contribution >= 4 is 34.4 Å². The van der Waals surface area contributed by atoms with Gasteiger partial charge in [0.1, 0.15) is 5.75 Å². The van der Waals surface area contributed by atoms with Gasteiger partial charge in [-0.25, -0.2) is 0 Å². The third-order valence-corrected chi connectivity index (χ3v) is 5.59. The van der Waals surface area contributed by atoms with E-state index < -0.39 is 0 Å². The van der Waals surface area contributed by atoms with Gasteiger partial charge in [-0.1, -0.05) is 6.07 Å². The molecule has 0 aliphatic heterocycles.